The summed E-state index contributed by atoms with van der Waals surface area (Å²) in [5, 5.41) is 1.15. The lowest BCUT2D eigenvalue weighted by atomic mass is 9.65. The van der Waals surface area contributed by atoms with Crippen molar-refractivity contribution in [1.29, 1.82) is 0 Å². The van der Waals surface area contributed by atoms with Crippen molar-refractivity contribution in [2.24, 2.45) is 22.7 Å². The van der Waals surface area contributed by atoms with Crippen LogP contribution >= 0.6 is 0 Å². The molecule has 10 nitrogen and oxygen atoms in total. The van der Waals surface area contributed by atoms with E-state index in [-0.39, 0.29) is 55.3 Å². The fourth-order valence-corrected chi connectivity index (χ4v) is 6.92. The third-order valence-electron chi connectivity index (χ3n) is 7.72. The van der Waals surface area contributed by atoms with E-state index in [1.54, 1.807) is 0 Å². The van der Waals surface area contributed by atoms with Gasteiger partial charge in [0.05, 0.1) is 12.8 Å². The Labute approximate surface area is 178 Å². The highest BCUT2D eigenvalue weighted by Crippen LogP contribution is 2.72. The molecule has 4 unspecified atom stereocenters. The average Bonchev–Trinajstić information content (AvgIpc) is 3.31. The maximum absolute atomic E-state index is 12.6. The second-order valence-electron chi connectivity index (χ2n) is 9.89. The quantitative estimate of drug-likeness (QED) is 0.573. The predicted molar refractivity (Wildman–Crippen MR) is 98.5 cm³/mol. The zero-order valence-corrected chi connectivity index (χ0v) is 17.1. The van der Waals surface area contributed by atoms with E-state index in [2.05, 4.69) is 0 Å². The molecule has 2 aliphatic heterocycles. The first kappa shape index (κ1) is 20.1. The van der Waals surface area contributed by atoms with Gasteiger partial charge in [-0.3, -0.25) is 19.2 Å². The number of carbonyl (C=O) groups is 6. The largest absolute Gasteiger partial charge is 0.333 e. The van der Waals surface area contributed by atoms with Crippen LogP contribution in [0, 0.1) is 22.7 Å². The third-order valence-corrected chi connectivity index (χ3v) is 7.72. The first-order chi connectivity index (χ1) is 14.7. The van der Waals surface area contributed by atoms with Gasteiger partial charge in [0.25, 0.3) is 23.6 Å². The molecule has 0 radical (unpaired) electrons. The van der Waals surface area contributed by atoms with E-state index in [0.717, 1.165) is 25.7 Å². The maximum Gasteiger partial charge on any atom is 0.333 e. The zero-order valence-electron chi connectivity index (χ0n) is 17.1. The number of hydrogen-bond donors (Lipinski definition) is 0. The monoisotopic (exact) mass is 432 g/mol. The Bertz CT molecular complexity index is 881. The van der Waals surface area contributed by atoms with Crippen LogP contribution in [-0.4, -0.2) is 45.7 Å². The summed E-state index contributed by atoms with van der Waals surface area (Å²) >= 11 is 0. The molecule has 0 aromatic rings. The van der Waals surface area contributed by atoms with Gasteiger partial charge in [-0.05, 0) is 54.8 Å². The topological polar surface area (TPSA) is 127 Å². The van der Waals surface area contributed by atoms with Gasteiger partial charge in [0, 0.05) is 25.7 Å². The predicted octanol–water partition coefficient (Wildman–Crippen LogP) is 1.18. The number of nitrogens with zero attached hydrogens (tertiary/aromatic N) is 2. The number of amides is 4. The molecule has 6 aliphatic rings. The molecule has 0 N–H and O–H groups in total. The summed E-state index contributed by atoms with van der Waals surface area (Å²) in [4.78, 5) is 82.2. The number of rotatable bonds is 6. The van der Waals surface area contributed by atoms with Crippen LogP contribution in [-0.2, 0) is 38.4 Å². The number of hydrogen-bond acceptors (Lipinski definition) is 8. The van der Waals surface area contributed by atoms with Crippen molar-refractivity contribution in [2.45, 2.75) is 70.6 Å². The van der Waals surface area contributed by atoms with Gasteiger partial charge >= 0.3 is 11.9 Å². The van der Waals surface area contributed by atoms with Gasteiger partial charge in [0.2, 0.25) is 0 Å². The summed E-state index contributed by atoms with van der Waals surface area (Å²) in [6, 6.07) is 0. The van der Waals surface area contributed by atoms with Crippen molar-refractivity contribution in [1.82, 2.24) is 10.1 Å². The number of hydroxylamine groups is 4. The lowest BCUT2D eigenvalue weighted by molar-refractivity contribution is -0.200. The lowest BCUT2D eigenvalue weighted by Crippen LogP contribution is -2.38. The van der Waals surface area contributed by atoms with E-state index >= 15 is 0 Å². The Morgan fingerprint density at radius 2 is 1.29 bits per heavy atom. The second-order valence-corrected chi connectivity index (χ2v) is 9.89. The van der Waals surface area contributed by atoms with Crippen LogP contribution in [0.2, 0.25) is 0 Å². The summed E-state index contributed by atoms with van der Waals surface area (Å²) in [6.45, 7) is 0. The minimum absolute atomic E-state index is 0.0502. The minimum Gasteiger partial charge on any atom is -0.330 e. The maximum atomic E-state index is 12.6. The molecular formula is C21H24N2O8. The van der Waals surface area contributed by atoms with Crippen LogP contribution in [0.4, 0.5) is 0 Å². The molecule has 4 atom stereocenters. The highest BCUT2D eigenvalue weighted by molar-refractivity contribution is 6.02. The Morgan fingerprint density at radius 3 is 1.84 bits per heavy atom. The summed E-state index contributed by atoms with van der Waals surface area (Å²) in [5.41, 5.74) is -0.639. The SMILES string of the molecule is O=C(CC12CC3CC(C1)C(CC(=O)ON1C(=O)CCC1=O)(C3)C2)ON1C(=O)CCC1=O. The van der Waals surface area contributed by atoms with Crippen LogP contribution < -0.4 is 0 Å². The Hall–Kier alpha value is -2.78. The second kappa shape index (κ2) is 6.86. The molecule has 4 amide bonds. The van der Waals surface area contributed by atoms with Gasteiger partial charge in [-0.1, -0.05) is 0 Å². The van der Waals surface area contributed by atoms with E-state index in [9.17, 15) is 28.8 Å². The van der Waals surface area contributed by atoms with Crippen LogP contribution in [0.3, 0.4) is 0 Å². The fraction of sp³-hybridized carbons (Fsp3) is 0.714. The van der Waals surface area contributed by atoms with Gasteiger partial charge < -0.3 is 9.68 Å². The first-order valence-electron chi connectivity index (χ1n) is 10.8. The Kier molecular flexibility index (Phi) is 4.46. The summed E-state index contributed by atoms with van der Waals surface area (Å²) < 4.78 is 0. The standard InChI is InChI=1S/C21H24N2O8/c24-14-1-2-15(25)22(14)30-18(28)9-20-6-12-5-13(8-20)21(7-12,11-20)10-19(29)31-23-16(26)3-4-17(23)27/h12-13H,1-11H2. The van der Waals surface area contributed by atoms with Crippen LogP contribution in [0.1, 0.15) is 70.6 Å². The third kappa shape index (κ3) is 3.32. The smallest absolute Gasteiger partial charge is 0.330 e. The van der Waals surface area contributed by atoms with Crippen molar-refractivity contribution in [3.8, 4) is 0 Å². The van der Waals surface area contributed by atoms with Crippen molar-refractivity contribution in [3.63, 3.8) is 0 Å². The lowest BCUT2D eigenvalue weighted by Gasteiger charge is -2.40. The van der Waals surface area contributed by atoms with Crippen molar-refractivity contribution >= 4 is 35.6 Å². The van der Waals surface area contributed by atoms with Gasteiger partial charge in [-0.15, -0.1) is 10.1 Å². The van der Waals surface area contributed by atoms with Gasteiger partial charge in [0.15, 0.2) is 0 Å². The first-order valence-corrected chi connectivity index (χ1v) is 10.8. The number of carbonyl (C=O) groups excluding carboxylic acids is 6. The normalized spacial score (nSPS) is 36.1. The molecule has 4 aliphatic carbocycles. The van der Waals surface area contributed by atoms with Gasteiger partial charge in [-0.25, -0.2) is 9.59 Å². The zero-order chi connectivity index (χ0) is 22.0. The molecule has 6 fully saturated rings. The highest BCUT2D eigenvalue weighted by atomic mass is 16.7. The molecular weight excluding hydrogens is 408 g/mol. The molecule has 31 heavy (non-hydrogen) atoms. The summed E-state index contributed by atoms with van der Waals surface area (Å²) in [6.07, 6.45) is 4.50. The van der Waals surface area contributed by atoms with E-state index in [1.807, 2.05) is 0 Å². The molecule has 166 valence electrons. The minimum atomic E-state index is -0.600. The van der Waals surface area contributed by atoms with Gasteiger partial charge in [-0.2, -0.15) is 0 Å². The van der Waals surface area contributed by atoms with E-state index in [0.29, 0.717) is 22.5 Å². The highest BCUT2D eigenvalue weighted by Gasteiger charge is 2.65. The molecule has 0 spiro atoms. The molecule has 0 aromatic heterocycles. The fourth-order valence-electron chi connectivity index (χ4n) is 6.92. The van der Waals surface area contributed by atoms with Crippen LogP contribution in [0.25, 0.3) is 0 Å². The van der Waals surface area contributed by atoms with Crippen molar-refractivity contribution in [3.05, 3.63) is 0 Å². The summed E-state index contributed by atoms with van der Waals surface area (Å²) in [5.74, 6) is -2.56. The van der Waals surface area contributed by atoms with Gasteiger partial charge in [0.1, 0.15) is 0 Å². The van der Waals surface area contributed by atoms with Crippen molar-refractivity contribution in [2.75, 3.05) is 0 Å². The van der Waals surface area contributed by atoms with Crippen LogP contribution in [0.5, 0.6) is 0 Å². The molecule has 2 saturated heterocycles. The van der Waals surface area contributed by atoms with Crippen molar-refractivity contribution < 1.29 is 38.4 Å². The van der Waals surface area contributed by atoms with E-state index in [1.165, 1.54) is 0 Å². The van der Waals surface area contributed by atoms with E-state index < -0.39 is 35.6 Å². The van der Waals surface area contributed by atoms with E-state index in [4.69, 9.17) is 9.68 Å². The molecule has 0 aromatic carbocycles. The summed E-state index contributed by atoms with van der Waals surface area (Å²) in [7, 11) is 0. The molecule has 10 heteroatoms. The Morgan fingerprint density at radius 1 is 0.774 bits per heavy atom. The molecule has 4 saturated carbocycles. The average molecular weight is 432 g/mol. The molecule has 2 heterocycles. The number of imide groups is 2. The Balaban J connectivity index is 1.24. The molecule has 6 rings (SSSR count). The van der Waals surface area contributed by atoms with Crippen LogP contribution in [0.15, 0.2) is 0 Å². The molecule has 4 bridgehead atoms.